The second kappa shape index (κ2) is 6.24. The van der Waals surface area contributed by atoms with Gasteiger partial charge in [-0.1, -0.05) is 30.3 Å². The summed E-state index contributed by atoms with van der Waals surface area (Å²) in [5.74, 6) is 0. The van der Waals surface area contributed by atoms with Crippen molar-refractivity contribution in [1.29, 1.82) is 0 Å². The Hall–Kier alpha value is -3.25. The third-order valence-corrected chi connectivity index (χ3v) is 5.10. The van der Waals surface area contributed by atoms with Crippen molar-refractivity contribution in [3.8, 4) is 21.6 Å². The van der Waals surface area contributed by atoms with Gasteiger partial charge in [-0.05, 0) is 11.6 Å². The van der Waals surface area contributed by atoms with Crippen LogP contribution in [0.25, 0.3) is 32.6 Å². The third kappa shape index (κ3) is 2.70. The lowest BCUT2D eigenvalue weighted by Gasteiger charge is -2.01. The Balaban J connectivity index is 1.52. The van der Waals surface area contributed by atoms with E-state index in [-0.39, 0.29) is 0 Å². The minimum absolute atomic E-state index is 0.753. The van der Waals surface area contributed by atoms with Crippen LogP contribution in [0.3, 0.4) is 0 Å². The molecule has 0 aliphatic heterocycles. The number of H-pyrrole nitrogens is 1. The lowest BCUT2D eigenvalue weighted by molar-refractivity contribution is 0.687. The average molecular weight is 356 g/mol. The molecule has 1 aromatic carbocycles. The molecule has 26 heavy (non-hydrogen) atoms. The lowest BCUT2D eigenvalue weighted by Crippen LogP contribution is -1.99. The second-order valence-corrected chi connectivity index (χ2v) is 6.88. The van der Waals surface area contributed by atoms with Gasteiger partial charge in [-0.15, -0.1) is 11.3 Å². The van der Waals surface area contributed by atoms with Gasteiger partial charge in [-0.3, -0.25) is 4.68 Å². The number of rotatable bonds is 4. The Labute approximate surface area is 154 Å². The Morgan fingerprint density at radius 1 is 1.08 bits per heavy atom. The molecule has 5 nitrogen and oxygen atoms in total. The van der Waals surface area contributed by atoms with Crippen LogP contribution in [0, 0.1) is 5.51 Å². The average Bonchev–Trinajstić information content (AvgIpc) is 3.42. The van der Waals surface area contributed by atoms with Crippen molar-refractivity contribution in [2.24, 2.45) is 0 Å². The first-order chi connectivity index (χ1) is 12.9. The van der Waals surface area contributed by atoms with Gasteiger partial charge >= 0.3 is 0 Å². The van der Waals surface area contributed by atoms with Crippen LogP contribution in [0.2, 0.25) is 0 Å². The van der Waals surface area contributed by atoms with E-state index in [1.807, 2.05) is 47.7 Å². The van der Waals surface area contributed by atoms with Crippen molar-refractivity contribution in [2.45, 2.75) is 6.54 Å². The molecule has 0 spiro atoms. The number of nitrogens with zero attached hydrogens (tertiary/aromatic N) is 4. The molecule has 0 saturated carbocycles. The summed E-state index contributed by atoms with van der Waals surface area (Å²) in [4.78, 5) is 12.9. The van der Waals surface area contributed by atoms with E-state index in [1.165, 1.54) is 16.9 Å². The van der Waals surface area contributed by atoms with E-state index in [2.05, 4.69) is 50.0 Å². The van der Waals surface area contributed by atoms with Crippen LogP contribution < -0.4 is 0 Å². The third-order valence-electron chi connectivity index (χ3n) is 4.34. The smallest absolute Gasteiger partial charge is 0.152 e. The highest BCUT2D eigenvalue weighted by atomic mass is 32.1. The van der Waals surface area contributed by atoms with E-state index in [0.717, 1.165) is 39.1 Å². The zero-order valence-electron chi connectivity index (χ0n) is 13.8. The molecule has 0 atom stereocenters. The molecule has 125 valence electrons. The van der Waals surface area contributed by atoms with Crippen molar-refractivity contribution in [2.75, 3.05) is 0 Å². The number of thiazole rings is 1. The first-order valence-electron chi connectivity index (χ1n) is 8.23. The summed E-state index contributed by atoms with van der Waals surface area (Å²) in [5.41, 5.74) is 8.20. The summed E-state index contributed by atoms with van der Waals surface area (Å²) >= 11 is 1.49. The fraction of sp³-hybridized carbons (Fsp3) is 0.0500. The molecule has 5 rings (SSSR count). The summed E-state index contributed by atoms with van der Waals surface area (Å²) in [5, 5.41) is 5.59. The molecule has 0 amide bonds. The molecule has 0 aliphatic rings. The Kier molecular flexibility index (Phi) is 3.61. The molecule has 4 aromatic heterocycles. The van der Waals surface area contributed by atoms with Crippen LogP contribution in [-0.2, 0) is 6.54 Å². The molecule has 0 aliphatic carbocycles. The number of hydrogen-bond acceptors (Lipinski definition) is 4. The van der Waals surface area contributed by atoms with Gasteiger partial charge in [0.1, 0.15) is 5.65 Å². The Morgan fingerprint density at radius 3 is 2.85 bits per heavy atom. The molecule has 1 radical (unpaired) electrons. The van der Waals surface area contributed by atoms with Crippen LogP contribution in [0.15, 0.2) is 67.4 Å². The van der Waals surface area contributed by atoms with Gasteiger partial charge in [0.15, 0.2) is 5.51 Å². The summed E-state index contributed by atoms with van der Waals surface area (Å²) in [7, 11) is 0. The lowest BCUT2D eigenvalue weighted by atomic mass is 10.1. The van der Waals surface area contributed by atoms with Crippen LogP contribution in [0.5, 0.6) is 0 Å². The van der Waals surface area contributed by atoms with Gasteiger partial charge in [-0.2, -0.15) is 5.10 Å². The number of aromatic amines is 1. The maximum Gasteiger partial charge on any atom is 0.152 e. The van der Waals surface area contributed by atoms with Crippen LogP contribution in [-0.4, -0.2) is 24.7 Å². The number of benzene rings is 1. The van der Waals surface area contributed by atoms with Gasteiger partial charge in [0.05, 0.1) is 17.6 Å². The Bertz CT molecular complexity index is 1160. The van der Waals surface area contributed by atoms with E-state index in [1.54, 1.807) is 0 Å². The largest absolute Gasteiger partial charge is 0.346 e. The zero-order chi connectivity index (χ0) is 17.3. The maximum atomic E-state index is 4.54. The van der Waals surface area contributed by atoms with Gasteiger partial charge in [-0.25, -0.2) is 9.97 Å². The normalized spacial score (nSPS) is 11.2. The maximum absolute atomic E-state index is 4.54. The molecular formula is C20H14N5S. The fourth-order valence-corrected chi connectivity index (χ4v) is 3.60. The van der Waals surface area contributed by atoms with Crippen LogP contribution in [0.1, 0.15) is 5.56 Å². The van der Waals surface area contributed by atoms with Gasteiger partial charge in [0.2, 0.25) is 0 Å². The van der Waals surface area contributed by atoms with E-state index in [4.69, 9.17) is 0 Å². The molecule has 0 saturated heterocycles. The first-order valence-corrected chi connectivity index (χ1v) is 9.04. The molecule has 5 aromatic rings. The molecule has 0 unspecified atom stereocenters. The van der Waals surface area contributed by atoms with E-state index < -0.39 is 0 Å². The Morgan fingerprint density at radius 2 is 2.00 bits per heavy atom. The van der Waals surface area contributed by atoms with Crippen molar-refractivity contribution >= 4 is 22.4 Å². The highest BCUT2D eigenvalue weighted by molar-refractivity contribution is 7.12. The van der Waals surface area contributed by atoms with E-state index >= 15 is 0 Å². The predicted molar refractivity (Wildman–Crippen MR) is 103 cm³/mol. The van der Waals surface area contributed by atoms with Gasteiger partial charge in [0.25, 0.3) is 0 Å². The first kappa shape index (κ1) is 15.0. The molecule has 0 fully saturated rings. The van der Waals surface area contributed by atoms with Crippen molar-refractivity contribution < 1.29 is 0 Å². The second-order valence-electron chi connectivity index (χ2n) is 6.05. The minimum Gasteiger partial charge on any atom is -0.346 e. The highest BCUT2D eigenvalue weighted by Gasteiger charge is 2.11. The molecule has 6 heteroatoms. The molecule has 0 bridgehead atoms. The predicted octanol–water partition coefficient (Wildman–Crippen LogP) is 4.40. The minimum atomic E-state index is 0.753. The molecule has 1 N–H and O–H groups in total. The molecule has 4 heterocycles. The highest BCUT2D eigenvalue weighted by Crippen LogP contribution is 2.31. The van der Waals surface area contributed by atoms with Crippen LogP contribution in [0.4, 0.5) is 0 Å². The summed E-state index contributed by atoms with van der Waals surface area (Å²) in [6, 6.07) is 12.5. The SMILES string of the molecule is [c]1ncc(-c2cnc3[nH]cc(-c4cnn(Cc5ccccc5)c4)c3c2)s1. The zero-order valence-corrected chi connectivity index (χ0v) is 14.6. The van der Waals surface area contributed by atoms with Crippen molar-refractivity contribution in [1.82, 2.24) is 24.7 Å². The summed E-state index contributed by atoms with van der Waals surface area (Å²) < 4.78 is 1.96. The van der Waals surface area contributed by atoms with Gasteiger partial charge in [0, 0.05) is 46.9 Å². The quantitative estimate of drug-likeness (QED) is 0.519. The number of pyridine rings is 1. The number of nitrogens with one attached hydrogen (secondary N) is 1. The molecular weight excluding hydrogens is 342 g/mol. The standard InChI is InChI=1S/C20H14N5S/c1-2-4-14(5-3-1)11-25-12-16(8-24-25)18-9-23-20-17(18)6-15(7-22-20)19-10-21-13-26-19/h1-10,12H,11H2,(H,22,23). The summed E-state index contributed by atoms with van der Waals surface area (Å²) in [6.45, 7) is 0.753. The fourth-order valence-electron chi connectivity index (χ4n) is 3.06. The summed E-state index contributed by atoms with van der Waals surface area (Å²) in [6.07, 6.45) is 9.64. The van der Waals surface area contributed by atoms with E-state index in [9.17, 15) is 0 Å². The van der Waals surface area contributed by atoms with Crippen LogP contribution >= 0.6 is 11.3 Å². The topological polar surface area (TPSA) is 59.4 Å². The number of fused-ring (bicyclic) bond motifs is 1. The number of aromatic nitrogens is 5. The van der Waals surface area contributed by atoms with Gasteiger partial charge < -0.3 is 4.98 Å². The number of hydrogen-bond donors (Lipinski definition) is 1. The monoisotopic (exact) mass is 356 g/mol. The van der Waals surface area contributed by atoms with Crippen molar-refractivity contribution in [3.63, 3.8) is 0 Å². The van der Waals surface area contributed by atoms with E-state index in [0.29, 0.717) is 0 Å². The van der Waals surface area contributed by atoms with Crippen molar-refractivity contribution in [3.05, 3.63) is 78.5 Å².